The second-order valence-electron chi connectivity index (χ2n) is 11.3. The first kappa shape index (κ1) is 27.0. The number of carbonyl (C=O) groups excluding carboxylic acids is 1. The number of esters is 1. The van der Waals surface area contributed by atoms with Crippen LogP contribution in [0.3, 0.4) is 0 Å². The third kappa shape index (κ3) is 7.97. The molecule has 0 radical (unpaired) electrons. The van der Waals surface area contributed by atoms with Crippen molar-refractivity contribution in [3.05, 3.63) is 71.7 Å². The highest BCUT2D eigenvalue weighted by Crippen LogP contribution is 2.26. The minimum atomic E-state index is -0.252. The number of hydrogen-bond acceptors (Lipinski definition) is 6. The molecule has 2 heterocycles. The van der Waals surface area contributed by atoms with Crippen LogP contribution in [0.2, 0.25) is 0 Å². The minimum Gasteiger partial charge on any atom is -0.482 e. The molecular formula is C32H45N3O3. The molecule has 6 nitrogen and oxygen atoms in total. The monoisotopic (exact) mass is 519 g/mol. The highest BCUT2D eigenvalue weighted by molar-refractivity contribution is 5.71. The van der Waals surface area contributed by atoms with Crippen LogP contribution >= 0.6 is 0 Å². The second-order valence-corrected chi connectivity index (χ2v) is 11.3. The quantitative estimate of drug-likeness (QED) is 0.446. The van der Waals surface area contributed by atoms with E-state index in [1.807, 2.05) is 6.08 Å². The first-order valence-electron chi connectivity index (χ1n) is 14.9. The molecule has 0 atom stereocenters. The predicted molar refractivity (Wildman–Crippen MR) is 151 cm³/mol. The van der Waals surface area contributed by atoms with Gasteiger partial charge in [0.15, 0.2) is 6.61 Å². The molecule has 2 aliphatic heterocycles. The van der Waals surface area contributed by atoms with Crippen LogP contribution < -0.4 is 5.32 Å². The van der Waals surface area contributed by atoms with Crippen molar-refractivity contribution in [1.82, 2.24) is 15.1 Å². The molecule has 3 fully saturated rings. The van der Waals surface area contributed by atoms with Gasteiger partial charge in [-0.25, -0.2) is 4.79 Å². The minimum absolute atomic E-state index is 0.0124. The molecule has 0 amide bonds. The summed E-state index contributed by atoms with van der Waals surface area (Å²) >= 11 is 0. The van der Waals surface area contributed by atoms with Crippen LogP contribution in [0.15, 0.2) is 66.1 Å². The van der Waals surface area contributed by atoms with E-state index in [2.05, 4.69) is 63.8 Å². The molecule has 0 spiro atoms. The third-order valence-corrected chi connectivity index (χ3v) is 8.54. The molecule has 6 heteroatoms. The highest BCUT2D eigenvalue weighted by Gasteiger charge is 2.28. The maximum absolute atomic E-state index is 12.2. The fourth-order valence-corrected chi connectivity index (χ4v) is 6.33. The molecule has 1 aromatic carbocycles. The van der Waals surface area contributed by atoms with Gasteiger partial charge in [-0.2, -0.15) is 0 Å². The summed E-state index contributed by atoms with van der Waals surface area (Å²) in [4.78, 5) is 17.5. The van der Waals surface area contributed by atoms with Crippen molar-refractivity contribution in [3.63, 3.8) is 0 Å². The van der Waals surface area contributed by atoms with Crippen molar-refractivity contribution in [2.24, 2.45) is 0 Å². The van der Waals surface area contributed by atoms with Gasteiger partial charge in [-0.1, -0.05) is 42.8 Å². The number of ether oxygens (including phenoxy) is 2. The van der Waals surface area contributed by atoms with Crippen LogP contribution in [0.5, 0.6) is 0 Å². The van der Waals surface area contributed by atoms with Crippen LogP contribution in [0.1, 0.15) is 69.8 Å². The SMILES string of the molecule is O=C(COC1=CCC(=CN(Cc2ccccc2)C2CCN(C3CCNCC3)CC2)C=C1)OC1CCCCC1. The molecule has 0 bridgehead atoms. The van der Waals surface area contributed by atoms with E-state index >= 15 is 0 Å². The largest absolute Gasteiger partial charge is 0.482 e. The number of likely N-dealkylation sites (tertiary alicyclic amines) is 1. The molecule has 1 aromatic rings. The first-order chi connectivity index (χ1) is 18.7. The molecular weight excluding hydrogens is 474 g/mol. The zero-order chi connectivity index (χ0) is 26.0. The molecule has 1 saturated carbocycles. The fraction of sp³-hybridized carbons (Fsp3) is 0.594. The Morgan fingerprint density at radius 1 is 0.974 bits per heavy atom. The van der Waals surface area contributed by atoms with E-state index in [-0.39, 0.29) is 18.7 Å². The van der Waals surface area contributed by atoms with Crippen LogP contribution in [0.25, 0.3) is 0 Å². The van der Waals surface area contributed by atoms with Crippen LogP contribution in [0, 0.1) is 0 Å². The standard InChI is InChI=1S/C32H45N3O3/c36-32(38-31-9-5-2-6-10-31)25-37-30-13-11-27(12-14-30)24-35(23-26-7-3-1-4-8-26)29-17-21-34(22-18-29)28-15-19-33-20-16-28/h1,3-4,7-8,11,13-14,24,28-29,31,33H,2,5-6,9-10,12,15-23,25H2. The molecule has 38 heavy (non-hydrogen) atoms. The Morgan fingerprint density at radius 3 is 2.45 bits per heavy atom. The number of hydrogen-bond donors (Lipinski definition) is 1. The lowest BCUT2D eigenvalue weighted by molar-refractivity contribution is -0.154. The van der Waals surface area contributed by atoms with Gasteiger partial charge < -0.3 is 24.6 Å². The lowest BCUT2D eigenvalue weighted by Crippen LogP contribution is -2.49. The van der Waals surface area contributed by atoms with Gasteiger partial charge in [-0.15, -0.1) is 0 Å². The summed E-state index contributed by atoms with van der Waals surface area (Å²) in [5.41, 5.74) is 2.62. The average molecular weight is 520 g/mol. The van der Waals surface area contributed by atoms with E-state index in [0.29, 0.717) is 6.04 Å². The van der Waals surface area contributed by atoms with E-state index in [4.69, 9.17) is 9.47 Å². The molecule has 4 aliphatic rings. The van der Waals surface area contributed by atoms with E-state index in [1.54, 1.807) is 0 Å². The maximum atomic E-state index is 12.2. The number of rotatable bonds is 9. The molecule has 206 valence electrons. The third-order valence-electron chi connectivity index (χ3n) is 8.54. The van der Waals surface area contributed by atoms with Gasteiger partial charge in [0.2, 0.25) is 0 Å². The van der Waals surface area contributed by atoms with Crippen molar-refractivity contribution < 1.29 is 14.3 Å². The van der Waals surface area contributed by atoms with Crippen molar-refractivity contribution in [3.8, 4) is 0 Å². The molecule has 0 unspecified atom stereocenters. The van der Waals surface area contributed by atoms with Gasteiger partial charge in [-0.3, -0.25) is 0 Å². The van der Waals surface area contributed by atoms with E-state index < -0.39 is 0 Å². The zero-order valence-corrected chi connectivity index (χ0v) is 22.9. The van der Waals surface area contributed by atoms with Crippen molar-refractivity contribution in [2.75, 3.05) is 32.8 Å². The van der Waals surface area contributed by atoms with Crippen molar-refractivity contribution in [1.29, 1.82) is 0 Å². The molecule has 2 aliphatic carbocycles. The Labute approximate surface area is 228 Å². The number of piperidine rings is 2. The Kier molecular flexibility index (Phi) is 9.95. The van der Waals surface area contributed by atoms with Crippen molar-refractivity contribution >= 4 is 5.97 Å². The number of carbonyl (C=O) groups is 1. The number of nitrogens with one attached hydrogen (secondary N) is 1. The highest BCUT2D eigenvalue weighted by atomic mass is 16.6. The first-order valence-corrected chi connectivity index (χ1v) is 14.9. The lowest BCUT2D eigenvalue weighted by atomic mass is 9.97. The number of benzene rings is 1. The van der Waals surface area contributed by atoms with Crippen LogP contribution in [-0.2, 0) is 20.8 Å². The van der Waals surface area contributed by atoms with Gasteiger partial charge >= 0.3 is 5.97 Å². The topological polar surface area (TPSA) is 54.0 Å². The molecule has 1 N–H and O–H groups in total. The fourth-order valence-electron chi connectivity index (χ4n) is 6.33. The summed E-state index contributed by atoms with van der Waals surface area (Å²) in [6.07, 6.45) is 20.0. The van der Waals surface area contributed by atoms with Gasteiger partial charge in [-0.05, 0) is 94.2 Å². The van der Waals surface area contributed by atoms with Gasteiger partial charge in [0.05, 0.1) is 0 Å². The second kappa shape index (κ2) is 14.0. The zero-order valence-electron chi connectivity index (χ0n) is 22.9. The summed E-state index contributed by atoms with van der Waals surface area (Å²) in [5.74, 6) is 0.505. The van der Waals surface area contributed by atoms with Gasteiger partial charge in [0, 0.05) is 37.9 Å². The molecule has 2 saturated heterocycles. The van der Waals surface area contributed by atoms with E-state index in [9.17, 15) is 4.79 Å². The van der Waals surface area contributed by atoms with Gasteiger partial charge in [0.25, 0.3) is 0 Å². The molecule has 0 aromatic heterocycles. The Balaban J connectivity index is 1.15. The van der Waals surface area contributed by atoms with Crippen LogP contribution in [0.4, 0.5) is 0 Å². The van der Waals surface area contributed by atoms with E-state index in [1.165, 1.54) is 56.3 Å². The number of allylic oxidation sites excluding steroid dienone is 4. The van der Waals surface area contributed by atoms with E-state index in [0.717, 1.165) is 63.5 Å². The Bertz CT molecular complexity index is 969. The number of nitrogens with zero attached hydrogens (tertiary/aromatic N) is 2. The normalized spacial score (nSPS) is 23.3. The smallest absolute Gasteiger partial charge is 0.344 e. The van der Waals surface area contributed by atoms with Crippen LogP contribution in [-0.4, -0.2) is 66.7 Å². The molecule has 5 rings (SSSR count). The van der Waals surface area contributed by atoms with Crippen molar-refractivity contribution in [2.45, 2.75) is 88.9 Å². The Hall–Kier alpha value is -2.57. The lowest BCUT2D eigenvalue weighted by Gasteiger charge is -2.42. The summed E-state index contributed by atoms with van der Waals surface area (Å²) in [6, 6.07) is 12.1. The summed E-state index contributed by atoms with van der Waals surface area (Å²) in [7, 11) is 0. The maximum Gasteiger partial charge on any atom is 0.344 e. The Morgan fingerprint density at radius 2 is 1.74 bits per heavy atom. The summed E-state index contributed by atoms with van der Waals surface area (Å²) in [6.45, 7) is 5.61. The van der Waals surface area contributed by atoms with Gasteiger partial charge in [0.1, 0.15) is 11.9 Å². The summed E-state index contributed by atoms with van der Waals surface area (Å²) in [5, 5.41) is 3.50. The summed E-state index contributed by atoms with van der Waals surface area (Å²) < 4.78 is 11.4. The average Bonchev–Trinajstić information content (AvgIpc) is 2.98. The predicted octanol–water partition coefficient (Wildman–Crippen LogP) is 5.33.